The van der Waals surface area contributed by atoms with Crippen LogP contribution in [0.1, 0.15) is 29.7 Å². The lowest BCUT2D eigenvalue weighted by atomic mass is 9.97. The topological polar surface area (TPSA) is 12.0 Å². The highest BCUT2D eigenvalue weighted by atomic mass is 19.2. The van der Waals surface area contributed by atoms with E-state index in [1.54, 1.807) is 0 Å². The molecule has 0 aliphatic heterocycles. The van der Waals surface area contributed by atoms with Gasteiger partial charge in [-0.3, -0.25) is 0 Å². The highest BCUT2D eigenvalue weighted by Crippen LogP contribution is 2.25. The summed E-state index contributed by atoms with van der Waals surface area (Å²) in [4.78, 5) is 0. The summed E-state index contributed by atoms with van der Waals surface area (Å²) in [5.74, 6) is -3.78. The first kappa shape index (κ1) is 14.6. The number of halogens is 3. The molecule has 4 heteroatoms. The van der Waals surface area contributed by atoms with Crippen molar-refractivity contribution in [3.05, 3.63) is 70.5 Å². The highest BCUT2D eigenvalue weighted by Gasteiger charge is 2.18. The molecule has 1 unspecified atom stereocenters. The lowest BCUT2D eigenvalue weighted by Crippen LogP contribution is -2.22. The molecule has 0 fully saturated rings. The Morgan fingerprint density at radius 1 is 1.00 bits per heavy atom. The fourth-order valence-corrected chi connectivity index (χ4v) is 2.22. The number of aryl methyl sites for hydroxylation is 1. The predicted octanol–water partition coefficient (Wildman–Crippen LogP) is 4.11. The van der Waals surface area contributed by atoms with Crippen LogP contribution in [0.4, 0.5) is 13.2 Å². The summed E-state index contributed by atoms with van der Waals surface area (Å²) in [5.41, 5.74) is 2.31. The van der Waals surface area contributed by atoms with Gasteiger partial charge in [0, 0.05) is 0 Å². The smallest absolute Gasteiger partial charge is 0.194 e. The van der Waals surface area contributed by atoms with Gasteiger partial charge in [-0.2, -0.15) is 0 Å². The predicted molar refractivity (Wildman–Crippen MR) is 73.0 cm³/mol. The van der Waals surface area contributed by atoms with Gasteiger partial charge >= 0.3 is 0 Å². The van der Waals surface area contributed by atoms with Gasteiger partial charge in [0.2, 0.25) is 0 Å². The Hall–Kier alpha value is -1.81. The molecule has 0 heterocycles. The van der Waals surface area contributed by atoms with E-state index in [0.29, 0.717) is 12.1 Å². The van der Waals surface area contributed by atoms with Gasteiger partial charge in [0.15, 0.2) is 17.5 Å². The van der Waals surface area contributed by atoms with Crippen molar-refractivity contribution in [1.29, 1.82) is 0 Å². The zero-order chi connectivity index (χ0) is 14.7. The zero-order valence-corrected chi connectivity index (χ0v) is 11.4. The quantitative estimate of drug-likeness (QED) is 0.830. The van der Waals surface area contributed by atoms with Crippen LogP contribution in [0.15, 0.2) is 36.4 Å². The first-order chi connectivity index (χ1) is 9.52. The highest BCUT2D eigenvalue weighted by molar-refractivity contribution is 5.34. The maximum absolute atomic E-state index is 13.4. The van der Waals surface area contributed by atoms with Crippen molar-refractivity contribution in [2.75, 3.05) is 6.54 Å². The van der Waals surface area contributed by atoms with Crippen LogP contribution in [-0.4, -0.2) is 6.54 Å². The summed E-state index contributed by atoms with van der Waals surface area (Å²) in [5, 5.41) is 3.16. The standard InChI is InChI=1S/C16H16F3N/c1-3-20-16(11-6-4-5-10(2)7-11)12-8-13(17)15(19)14(18)9-12/h4-9,16,20H,3H2,1-2H3. The molecular weight excluding hydrogens is 263 g/mol. The van der Waals surface area contributed by atoms with Crippen molar-refractivity contribution in [3.8, 4) is 0 Å². The number of nitrogens with one attached hydrogen (secondary N) is 1. The molecule has 2 aromatic carbocycles. The van der Waals surface area contributed by atoms with Crippen molar-refractivity contribution in [2.45, 2.75) is 19.9 Å². The molecule has 0 aliphatic carbocycles. The Morgan fingerprint density at radius 2 is 1.65 bits per heavy atom. The third-order valence-corrected chi connectivity index (χ3v) is 3.12. The lowest BCUT2D eigenvalue weighted by molar-refractivity contribution is 0.442. The number of benzene rings is 2. The van der Waals surface area contributed by atoms with Gasteiger partial charge in [0.1, 0.15) is 0 Å². The van der Waals surface area contributed by atoms with Gasteiger partial charge < -0.3 is 5.32 Å². The molecule has 0 bridgehead atoms. The molecule has 106 valence electrons. The van der Waals surface area contributed by atoms with E-state index in [4.69, 9.17) is 0 Å². The van der Waals surface area contributed by atoms with Crippen LogP contribution in [0.3, 0.4) is 0 Å². The van der Waals surface area contributed by atoms with Crippen LogP contribution >= 0.6 is 0 Å². The van der Waals surface area contributed by atoms with E-state index >= 15 is 0 Å². The van der Waals surface area contributed by atoms with Gasteiger partial charge in [-0.05, 0) is 36.7 Å². The molecule has 1 atom stereocenters. The van der Waals surface area contributed by atoms with Crippen LogP contribution in [0.5, 0.6) is 0 Å². The molecule has 0 radical (unpaired) electrons. The van der Waals surface area contributed by atoms with Gasteiger partial charge in [-0.25, -0.2) is 13.2 Å². The van der Waals surface area contributed by atoms with Crippen molar-refractivity contribution >= 4 is 0 Å². The molecule has 0 saturated carbocycles. The SMILES string of the molecule is CCNC(c1cccc(C)c1)c1cc(F)c(F)c(F)c1. The second-order valence-electron chi connectivity index (χ2n) is 4.70. The molecule has 1 N–H and O–H groups in total. The van der Waals surface area contributed by atoms with E-state index in [-0.39, 0.29) is 6.04 Å². The molecule has 0 saturated heterocycles. The monoisotopic (exact) mass is 279 g/mol. The van der Waals surface area contributed by atoms with Gasteiger partial charge in [-0.15, -0.1) is 0 Å². The minimum atomic E-state index is -1.44. The van der Waals surface area contributed by atoms with Crippen LogP contribution in [0.2, 0.25) is 0 Å². The fraction of sp³-hybridized carbons (Fsp3) is 0.250. The summed E-state index contributed by atoms with van der Waals surface area (Å²) in [6.07, 6.45) is 0. The van der Waals surface area contributed by atoms with Crippen molar-refractivity contribution in [2.24, 2.45) is 0 Å². The Balaban J connectivity index is 2.48. The first-order valence-corrected chi connectivity index (χ1v) is 6.47. The van der Waals surface area contributed by atoms with Crippen molar-refractivity contribution < 1.29 is 13.2 Å². The van der Waals surface area contributed by atoms with Crippen LogP contribution in [-0.2, 0) is 0 Å². The van der Waals surface area contributed by atoms with E-state index in [1.165, 1.54) is 0 Å². The first-order valence-electron chi connectivity index (χ1n) is 6.47. The summed E-state index contributed by atoms with van der Waals surface area (Å²) < 4.78 is 39.8. The van der Waals surface area contributed by atoms with E-state index in [2.05, 4.69) is 5.32 Å². The number of hydrogen-bond acceptors (Lipinski definition) is 1. The molecular formula is C16H16F3N. The van der Waals surface area contributed by atoms with Gasteiger partial charge in [0.05, 0.1) is 6.04 Å². The maximum atomic E-state index is 13.4. The summed E-state index contributed by atoms with van der Waals surface area (Å²) in [7, 11) is 0. The molecule has 0 amide bonds. The Kier molecular flexibility index (Phi) is 4.45. The minimum absolute atomic E-state index is 0.369. The van der Waals surface area contributed by atoms with Crippen molar-refractivity contribution in [3.63, 3.8) is 0 Å². The Bertz CT molecular complexity index is 587. The van der Waals surface area contributed by atoms with Gasteiger partial charge in [-0.1, -0.05) is 36.8 Å². The molecule has 20 heavy (non-hydrogen) atoms. The van der Waals surface area contributed by atoms with Crippen LogP contribution in [0.25, 0.3) is 0 Å². The minimum Gasteiger partial charge on any atom is -0.307 e. The molecule has 2 rings (SSSR count). The molecule has 2 aromatic rings. The average Bonchev–Trinajstić information content (AvgIpc) is 2.41. The van der Waals surface area contributed by atoms with Gasteiger partial charge in [0.25, 0.3) is 0 Å². The summed E-state index contributed by atoms with van der Waals surface area (Å²) >= 11 is 0. The lowest BCUT2D eigenvalue weighted by Gasteiger charge is -2.20. The molecule has 0 aliphatic rings. The normalized spacial score (nSPS) is 12.4. The molecule has 0 spiro atoms. The van der Waals surface area contributed by atoms with Crippen molar-refractivity contribution in [1.82, 2.24) is 5.32 Å². The largest absolute Gasteiger partial charge is 0.307 e. The van der Waals surface area contributed by atoms with E-state index < -0.39 is 17.5 Å². The third kappa shape index (κ3) is 3.02. The fourth-order valence-electron chi connectivity index (χ4n) is 2.22. The second kappa shape index (κ2) is 6.09. The maximum Gasteiger partial charge on any atom is 0.194 e. The summed E-state index contributed by atoms with van der Waals surface area (Å²) in [6.45, 7) is 4.47. The van der Waals surface area contributed by atoms with E-state index in [9.17, 15) is 13.2 Å². The Morgan fingerprint density at radius 3 is 2.20 bits per heavy atom. The zero-order valence-electron chi connectivity index (χ0n) is 11.4. The van der Waals surface area contributed by atoms with Crippen LogP contribution < -0.4 is 5.32 Å². The van der Waals surface area contributed by atoms with E-state index in [0.717, 1.165) is 23.3 Å². The average molecular weight is 279 g/mol. The molecule has 0 aromatic heterocycles. The Labute approximate surface area is 116 Å². The summed E-state index contributed by atoms with van der Waals surface area (Å²) in [6, 6.07) is 9.34. The van der Waals surface area contributed by atoms with Crippen LogP contribution in [0, 0.1) is 24.4 Å². The second-order valence-corrected chi connectivity index (χ2v) is 4.70. The van der Waals surface area contributed by atoms with E-state index in [1.807, 2.05) is 38.1 Å². The number of rotatable bonds is 4. The third-order valence-electron chi connectivity index (χ3n) is 3.12. The molecule has 1 nitrogen and oxygen atoms in total. The number of hydrogen-bond donors (Lipinski definition) is 1.